The highest BCUT2D eigenvalue weighted by Crippen LogP contribution is 2.30. The molecule has 0 saturated heterocycles. The maximum Gasteiger partial charge on any atom is 0.162 e. The Hall–Kier alpha value is -1.77. The molecule has 0 aliphatic heterocycles. The van der Waals surface area contributed by atoms with Crippen molar-refractivity contribution in [3.63, 3.8) is 0 Å². The first-order valence-corrected chi connectivity index (χ1v) is 5.30. The van der Waals surface area contributed by atoms with Crippen LogP contribution in [0.3, 0.4) is 0 Å². The lowest BCUT2D eigenvalue weighted by molar-refractivity contribution is 0.112. The number of methoxy groups -OCH3 is 1. The van der Waals surface area contributed by atoms with Crippen molar-refractivity contribution in [2.45, 2.75) is 18.9 Å². The topological polar surface area (TPSA) is 35.5 Å². The Kier molecular flexibility index (Phi) is 3.25. The number of aldehydes is 1. The summed E-state index contributed by atoms with van der Waals surface area (Å²) in [5.41, 5.74) is 0.589. The third-order valence-corrected chi connectivity index (χ3v) is 2.57. The molecule has 0 radical (unpaired) electrons. The van der Waals surface area contributed by atoms with Crippen molar-refractivity contribution in [2.75, 3.05) is 7.11 Å². The van der Waals surface area contributed by atoms with E-state index in [-0.39, 0.29) is 6.10 Å². The molecule has 0 spiro atoms. The molecule has 0 bridgehead atoms. The molecule has 1 aliphatic rings. The fraction of sp³-hybridized carbons (Fsp3) is 0.308. The largest absolute Gasteiger partial charge is 0.493 e. The zero-order valence-electron chi connectivity index (χ0n) is 9.18. The van der Waals surface area contributed by atoms with E-state index in [4.69, 9.17) is 9.47 Å². The van der Waals surface area contributed by atoms with E-state index in [0.29, 0.717) is 17.1 Å². The quantitative estimate of drug-likeness (QED) is 0.575. The Labute approximate surface area is 94.7 Å². The molecule has 0 amide bonds. The van der Waals surface area contributed by atoms with Crippen LogP contribution in [-0.2, 0) is 0 Å². The molecule has 2 rings (SSSR count). The van der Waals surface area contributed by atoms with E-state index in [1.807, 2.05) is 6.08 Å². The van der Waals surface area contributed by atoms with E-state index in [2.05, 4.69) is 6.08 Å². The van der Waals surface area contributed by atoms with Crippen molar-refractivity contribution >= 4 is 6.29 Å². The number of carbonyl (C=O) groups excluding carboxylic acids is 1. The second kappa shape index (κ2) is 4.84. The van der Waals surface area contributed by atoms with Crippen LogP contribution in [0.2, 0.25) is 0 Å². The van der Waals surface area contributed by atoms with Gasteiger partial charge in [0.25, 0.3) is 0 Å². The molecular formula is C13H14O3. The minimum atomic E-state index is 0.121. The van der Waals surface area contributed by atoms with Gasteiger partial charge in [0.1, 0.15) is 12.4 Å². The van der Waals surface area contributed by atoms with E-state index in [0.717, 1.165) is 19.1 Å². The van der Waals surface area contributed by atoms with Gasteiger partial charge in [-0.25, -0.2) is 0 Å². The number of rotatable bonds is 4. The number of carbonyl (C=O) groups is 1. The highest BCUT2D eigenvalue weighted by molar-refractivity contribution is 5.76. The fourth-order valence-corrected chi connectivity index (χ4v) is 1.72. The molecule has 1 aromatic rings. The lowest BCUT2D eigenvalue weighted by Gasteiger charge is -2.14. The van der Waals surface area contributed by atoms with Crippen LogP contribution in [0.4, 0.5) is 0 Å². The molecule has 0 saturated carbocycles. The van der Waals surface area contributed by atoms with Crippen LogP contribution in [0.1, 0.15) is 23.2 Å². The third kappa shape index (κ3) is 2.24. The Morgan fingerprint density at radius 1 is 1.38 bits per heavy atom. The van der Waals surface area contributed by atoms with Gasteiger partial charge in [0.2, 0.25) is 0 Å². The van der Waals surface area contributed by atoms with Gasteiger partial charge in [-0.15, -0.1) is 0 Å². The second-order valence-corrected chi connectivity index (χ2v) is 3.69. The van der Waals surface area contributed by atoms with Crippen LogP contribution in [0, 0.1) is 0 Å². The van der Waals surface area contributed by atoms with Gasteiger partial charge >= 0.3 is 0 Å². The minimum absolute atomic E-state index is 0.121. The summed E-state index contributed by atoms with van der Waals surface area (Å²) in [7, 11) is 1.57. The van der Waals surface area contributed by atoms with Crippen molar-refractivity contribution < 1.29 is 14.3 Å². The number of allylic oxidation sites excluding steroid dienone is 1. The highest BCUT2D eigenvalue weighted by atomic mass is 16.5. The number of ether oxygens (including phenoxy) is 2. The van der Waals surface area contributed by atoms with E-state index >= 15 is 0 Å². The molecule has 1 unspecified atom stereocenters. The van der Waals surface area contributed by atoms with Crippen molar-refractivity contribution in [1.29, 1.82) is 0 Å². The summed E-state index contributed by atoms with van der Waals surface area (Å²) in [4.78, 5) is 10.6. The summed E-state index contributed by atoms with van der Waals surface area (Å²) < 4.78 is 11.0. The standard InChI is InChI=1S/C13H14O3/c1-15-13-8-10(9-14)6-7-12(13)16-11-4-2-3-5-11/h2,4,6-9,11H,3,5H2,1H3. The van der Waals surface area contributed by atoms with Crippen LogP contribution in [0.25, 0.3) is 0 Å². The summed E-state index contributed by atoms with van der Waals surface area (Å²) in [6.07, 6.45) is 7.13. The molecule has 3 heteroatoms. The van der Waals surface area contributed by atoms with E-state index < -0.39 is 0 Å². The molecule has 0 aromatic heterocycles. The number of hydrogen-bond acceptors (Lipinski definition) is 3. The summed E-state index contributed by atoms with van der Waals surface area (Å²) in [6, 6.07) is 5.18. The molecule has 1 atom stereocenters. The summed E-state index contributed by atoms with van der Waals surface area (Å²) in [5.74, 6) is 1.29. The number of hydrogen-bond donors (Lipinski definition) is 0. The van der Waals surface area contributed by atoms with Gasteiger partial charge in [-0.1, -0.05) is 6.08 Å². The Morgan fingerprint density at radius 2 is 2.25 bits per heavy atom. The average molecular weight is 218 g/mol. The summed E-state index contributed by atoms with van der Waals surface area (Å²) in [6.45, 7) is 0. The molecule has 1 aromatic carbocycles. The second-order valence-electron chi connectivity index (χ2n) is 3.69. The van der Waals surface area contributed by atoms with Crippen LogP contribution in [0.5, 0.6) is 11.5 Å². The SMILES string of the molecule is COc1cc(C=O)ccc1OC1C=CCC1. The average Bonchev–Trinajstić information content (AvgIpc) is 2.82. The molecule has 16 heavy (non-hydrogen) atoms. The van der Waals surface area contributed by atoms with Gasteiger partial charge in [-0.05, 0) is 37.1 Å². The lowest BCUT2D eigenvalue weighted by atomic mass is 10.2. The van der Waals surface area contributed by atoms with Crippen LogP contribution in [0.15, 0.2) is 30.4 Å². The van der Waals surface area contributed by atoms with Gasteiger partial charge in [0.05, 0.1) is 7.11 Å². The normalized spacial score (nSPS) is 18.4. The molecule has 0 N–H and O–H groups in total. The number of benzene rings is 1. The molecule has 3 nitrogen and oxygen atoms in total. The summed E-state index contributed by atoms with van der Waals surface area (Å²) in [5, 5.41) is 0. The van der Waals surface area contributed by atoms with E-state index in [1.165, 1.54) is 0 Å². The lowest BCUT2D eigenvalue weighted by Crippen LogP contribution is -2.10. The molecule has 0 heterocycles. The van der Waals surface area contributed by atoms with Crippen LogP contribution >= 0.6 is 0 Å². The summed E-state index contributed by atoms with van der Waals surface area (Å²) >= 11 is 0. The first-order valence-electron chi connectivity index (χ1n) is 5.30. The smallest absolute Gasteiger partial charge is 0.162 e. The van der Waals surface area contributed by atoms with Crippen LogP contribution < -0.4 is 9.47 Å². The minimum Gasteiger partial charge on any atom is -0.493 e. The predicted octanol–water partition coefficient (Wildman–Crippen LogP) is 2.61. The first-order chi connectivity index (χ1) is 7.83. The molecular weight excluding hydrogens is 204 g/mol. The van der Waals surface area contributed by atoms with Gasteiger partial charge in [-0.3, -0.25) is 4.79 Å². The zero-order valence-corrected chi connectivity index (χ0v) is 9.18. The maximum absolute atomic E-state index is 10.6. The van der Waals surface area contributed by atoms with Crippen molar-refractivity contribution in [2.24, 2.45) is 0 Å². The fourth-order valence-electron chi connectivity index (χ4n) is 1.72. The van der Waals surface area contributed by atoms with Gasteiger partial charge in [0.15, 0.2) is 11.5 Å². The Bertz CT molecular complexity index is 410. The molecule has 0 fully saturated rings. The predicted molar refractivity (Wildman–Crippen MR) is 61.2 cm³/mol. The highest BCUT2D eigenvalue weighted by Gasteiger charge is 2.13. The third-order valence-electron chi connectivity index (χ3n) is 2.57. The first kappa shape index (κ1) is 10.7. The monoisotopic (exact) mass is 218 g/mol. The maximum atomic E-state index is 10.6. The van der Waals surface area contributed by atoms with Crippen molar-refractivity contribution in [3.05, 3.63) is 35.9 Å². The van der Waals surface area contributed by atoms with Crippen molar-refractivity contribution in [1.82, 2.24) is 0 Å². The van der Waals surface area contributed by atoms with Gasteiger partial charge in [0, 0.05) is 5.56 Å². The van der Waals surface area contributed by atoms with Gasteiger partial charge in [-0.2, -0.15) is 0 Å². The molecule has 84 valence electrons. The Morgan fingerprint density at radius 3 is 2.88 bits per heavy atom. The van der Waals surface area contributed by atoms with E-state index in [1.54, 1.807) is 25.3 Å². The zero-order chi connectivity index (χ0) is 11.4. The van der Waals surface area contributed by atoms with Gasteiger partial charge < -0.3 is 9.47 Å². The molecule has 1 aliphatic carbocycles. The van der Waals surface area contributed by atoms with Crippen LogP contribution in [-0.4, -0.2) is 19.5 Å². The Balaban J connectivity index is 2.18. The van der Waals surface area contributed by atoms with E-state index in [9.17, 15) is 4.79 Å². The van der Waals surface area contributed by atoms with Crippen molar-refractivity contribution in [3.8, 4) is 11.5 Å².